The summed E-state index contributed by atoms with van der Waals surface area (Å²) in [5.41, 5.74) is 11.3. The highest BCUT2D eigenvalue weighted by atomic mass is 16.1. The van der Waals surface area contributed by atoms with Crippen molar-refractivity contribution in [3.05, 3.63) is 0 Å². The third-order valence-corrected chi connectivity index (χ3v) is 3.16. The van der Waals surface area contributed by atoms with Crippen LogP contribution >= 0.6 is 0 Å². The summed E-state index contributed by atoms with van der Waals surface area (Å²) < 4.78 is 0. The number of hydrogen-bond acceptors (Lipinski definition) is 3. The average molecular weight is 227 g/mol. The predicted molar refractivity (Wildman–Crippen MR) is 65.8 cm³/mol. The summed E-state index contributed by atoms with van der Waals surface area (Å²) in [5.74, 6) is 0.317. The minimum Gasteiger partial charge on any atom is -0.369 e. The van der Waals surface area contributed by atoms with E-state index in [-0.39, 0.29) is 5.91 Å². The normalized spacial score (nSPS) is 26.3. The van der Waals surface area contributed by atoms with E-state index < -0.39 is 0 Å². The smallest absolute Gasteiger partial charge is 0.231 e. The maximum absolute atomic E-state index is 11.1. The van der Waals surface area contributed by atoms with Gasteiger partial charge in [0.25, 0.3) is 0 Å². The van der Waals surface area contributed by atoms with Crippen molar-refractivity contribution in [2.24, 2.45) is 17.4 Å². The molecule has 94 valence electrons. The first-order valence-corrected chi connectivity index (χ1v) is 6.27. The number of nitrogens with zero attached hydrogens (tertiary/aromatic N) is 1. The lowest BCUT2D eigenvalue weighted by Gasteiger charge is -2.36. The van der Waals surface area contributed by atoms with Crippen molar-refractivity contribution in [1.82, 2.24) is 4.90 Å². The van der Waals surface area contributed by atoms with Gasteiger partial charge < -0.3 is 11.5 Å². The second-order valence-electron chi connectivity index (χ2n) is 5.37. The molecule has 0 saturated heterocycles. The molecule has 4 heteroatoms. The van der Waals surface area contributed by atoms with Gasteiger partial charge in [-0.05, 0) is 25.2 Å². The summed E-state index contributed by atoms with van der Waals surface area (Å²) in [4.78, 5) is 13.3. The Morgan fingerprint density at radius 3 is 2.62 bits per heavy atom. The zero-order valence-corrected chi connectivity index (χ0v) is 10.5. The van der Waals surface area contributed by atoms with E-state index >= 15 is 0 Å². The standard InChI is InChI=1S/C12H25N3O/c1-9(2)7-15(8-12(14)16)11-5-3-4-10(13)6-11/h9-11H,3-8,13H2,1-2H3,(H2,14,16). The van der Waals surface area contributed by atoms with Crippen LogP contribution in [0, 0.1) is 5.92 Å². The predicted octanol–water partition coefficient (Wildman–Crippen LogP) is 0.700. The lowest BCUT2D eigenvalue weighted by molar-refractivity contribution is -0.120. The molecule has 0 aliphatic heterocycles. The van der Waals surface area contributed by atoms with Gasteiger partial charge in [-0.3, -0.25) is 9.69 Å². The molecular weight excluding hydrogens is 202 g/mol. The molecule has 0 aromatic carbocycles. The van der Waals surface area contributed by atoms with Gasteiger partial charge in [-0.15, -0.1) is 0 Å². The van der Waals surface area contributed by atoms with Gasteiger partial charge in [0.1, 0.15) is 0 Å². The molecule has 0 radical (unpaired) electrons. The van der Waals surface area contributed by atoms with Crippen LogP contribution < -0.4 is 11.5 Å². The summed E-state index contributed by atoms with van der Waals surface area (Å²) in [6.07, 6.45) is 4.43. The summed E-state index contributed by atoms with van der Waals surface area (Å²) >= 11 is 0. The summed E-state index contributed by atoms with van der Waals surface area (Å²) in [7, 11) is 0. The molecular formula is C12H25N3O. The number of amides is 1. The SMILES string of the molecule is CC(C)CN(CC(N)=O)C1CCCC(N)C1. The van der Waals surface area contributed by atoms with Crippen molar-refractivity contribution in [3.63, 3.8) is 0 Å². The molecule has 0 bridgehead atoms. The molecule has 1 fully saturated rings. The maximum Gasteiger partial charge on any atom is 0.231 e. The maximum atomic E-state index is 11.1. The lowest BCUT2D eigenvalue weighted by atomic mass is 9.90. The molecule has 1 rings (SSSR count). The van der Waals surface area contributed by atoms with Gasteiger partial charge in [0.05, 0.1) is 6.54 Å². The van der Waals surface area contributed by atoms with Crippen LogP contribution in [-0.2, 0) is 4.79 Å². The van der Waals surface area contributed by atoms with E-state index in [0.29, 0.717) is 24.5 Å². The fraction of sp³-hybridized carbons (Fsp3) is 0.917. The number of carbonyl (C=O) groups excluding carboxylic acids is 1. The Hall–Kier alpha value is -0.610. The van der Waals surface area contributed by atoms with Crippen LogP contribution in [0.3, 0.4) is 0 Å². The Morgan fingerprint density at radius 2 is 2.12 bits per heavy atom. The first-order valence-electron chi connectivity index (χ1n) is 6.27. The molecule has 0 aromatic rings. The molecule has 2 atom stereocenters. The van der Waals surface area contributed by atoms with Crippen molar-refractivity contribution in [2.45, 2.75) is 51.6 Å². The van der Waals surface area contributed by atoms with Crippen molar-refractivity contribution in [2.75, 3.05) is 13.1 Å². The van der Waals surface area contributed by atoms with Crippen LogP contribution in [0.1, 0.15) is 39.5 Å². The van der Waals surface area contributed by atoms with Gasteiger partial charge in [-0.1, -0.05) is 20.3 Å². The highest BCUT2D eigenvalue weighted by Gasteiger charge is 2.26. The van der Waals surface area contributed by atoms with Crippen LogP contribution in [0.5, 0.6) is 0 Å². The fourth-order valence-corrected chi connectivity index (χ4v) is 2.54. The quantitative estimate of drug-likeness (QED) is 0.726. The van der Waals surface area contributed by atoms with E-state index in [1.54, 1.807) is 0 Å². The van der Waals surface area contributed by atoms with E-state index in [9.17, 15) is 4.79 Å². The second kappa shape index (κ2) is 6.21. The van der Waals surface area contributed by atoms with Crippen molar-refractivity contribution < 1.29 is 4.79 Å². The Bertz CT molecular complexity index is 230. The van der Waals surface area contributed by atoms with Gasteiger partial charge in [-0.25, -0.2) is 0 Å². The topological polar surface area (TPSA) is 72.3 Å². The minimum absolute atomic E-state index is 0.236. The van der Waals surface area contributed by atoms with Gasteiger partial charge in [0.2, 0.25) is 5.91 Å². The molecule has 1 saturated carbocycles. The molecule has 4 N–H and O–H groups in total. The van der Waals surface area contributed by atoms with E-state index in [0.717, 1.165) is 25.8 Å². The molecule has 1 aliphatic carbocycles. The fourth-order valence-electron chi connectivity index (χ4n) is 2.54. The molecule has 1 amide bonds. The molecule has 0 aromatic heterocycles. The summed E-state index contributed by atoms with van der Waals surface area (Å²) in [6.45, 7) is 5.63. The zero-order chi connectivity index (χ0) is 12.1. The monoisotopic (exact) mass is 227 g/mol. The van der Waals surface area contributed by atoms with E-state index in [4.69, 9.17) is 11.5 Å². The molecule has 1 aliphatic rings. The Balaban J connectivity index is 2.55. The average Bonchev–Trinajstić information content (AvgIpc) is 2.15. The van der Waals surface area contributed by atoms with Crippen LogP contribution in [0.25, 0.3) is 0 Å². The van der Waals surface area contributed by atoms with Crippen LogP contribution in [-0.4, -0.2) is 36.0 Å². The largest absolute Gasteiger partial charge is 0.369 e. The van der Waals surface area contributed by atoms with Gasteiger partial charge in [0.15, 0.2) is 0 Å². The van der Waals surface area contributed by atoms with Crippen molar-refractivity contribution in [3.8, 4) is 0 Å². The van der Waals surface area contributed by atoms with Crippen LogP contribution in [0.2, 0.25) is 0 Å². The third kappa shape index (κ3) is 4.49. The van der Waals surface area contributed by atoms with E-state index in [1.807, 2.05) is 0 Å². The third-order valence-electron chi connectivity index (χ3n) is 3.16. The number of hydrogen-bond donors (Lipinski definition) is 2. The number of rotatable bonds is 5. The van der Waals surface area contributed by atoms with Gasteiger partial charge >= 0.3 is 0 Å². The van der Waals surface area contributed by atoms with Crippen molar-refractivity contribution in [1.29, 1.82) is 0 Å². The highest BCUT2D eigenvalue weighted by Crippen LogP contribution is 2.22. The van der Waals surface area contributed by atoms with Crippen LogP contribution in [0.4, 0.5) is 0 Å². The first-order chi connectivity index (χ1) is 7.49. The zero-order valence-electron chi connectivity index (χ0n) is 10.5. The Labute approximate surface area is 98.3 Å². The van der Waals surface area contributed by atoms with Gasteiger partial charge in [0, 0.05) is 18.6 Å². The second-order valence-corrected chi connectivity index (χ2v) is 5.37. The first kappa shape index (κ1) is 13.5. The molecule has 2 unspecified atom stereocenters. The molecule has 0 heterocycles. The summed E-state index contributed by atoms with van der Waals surface area (Å²) in [5, 5.41) is 0. The van der Waals surface area contributed by atoms with Crippen molar-refractivity contribution >= 4 is 5.91 Å². The number of nitrogens with two attached hydrogens (primary N) is 2. The molecule has 4 nitrogen and oxygen atoms in total. The number of carbonyl (C=O) groups is 1. The van der Waals surface area contributed by atoms with Gasteiger partial charge in [-0.2, -0.15) is 0 Å². The Morgan fingerprint density at radius 1 is 1.44 bits per heavy atom. The molecule has 0 spiro atoms. The van der Waals surface area contributed by atoms with E-state index in [1.165, 1.54) is 6.42 Å². The van der Waals surface area contributed by atoms with E-state index in [2.05, 4.69) is 18.7 Å². The number of primary amides is 1. The highest BCUT2D eigenvalue weighted by molar-refractivity contribution is 5.75. The summed E-state index contributed by atoms with van der Waals surface area (Å²) in [6, 6.07) is 0.736. The molecule has 16 heavy (non-hydrogen) atoms. The lowest BCUT2D eigenvalue weighted by Crippen LogP contribution is -2.47. The van der Waals surface area contributed by atoms with Crippen LogP contribution in [0.15, 0.2) is 0 Å². The minimum atomic E-state index is -0.236. The Kier molecular flexibility index (Phi) is 5.22.